The van der Waals surface area contributed by atoms with Gasteiger partial charge in [-0.1, -0.05) is 30.6 Å². The van der Waals surface area contributed by atoms with Crippen molar-refractivity contribution in [1.29, 1.82) is 0 Å². The van der Waals surface area contributed by atoms with Gasteiger partial charge in [0.15, 0.2) is 0 Å². The molecule has 0 unspecified atom stereocenters. The summed E-state index contributed by atoms with van der Waals surface area (Å²) in [5, 5.41) is 12.7. The molecule has 1 aliphatic carbocycles. The Kier molecular flexibility index (Phi) is 6.03. The summed E-state index contributed by atoms with van der Waals surface area (Å²) in [6, 6.07) is 0. The van der Waals surface area contributed by atoms with Crippen LogP contribution in [0.25, 0.3) is 0 Å². The molecule has 1 amide bonds. The Morgan fingerprint density at radius 3 is 2.48 bits per heavy atom. The summed E-state index contributed by atoms with van der Waals surface area (Å²) in [5.74, 6) is 0.361. The van der Waals surface area contributed by atoms with Crippen LogP contribution in [0.2, 0.25) is 0 Å². The molecule has 3 rings (SSSR count). The number of aromatic nitrogens is 2. The Morgan fingerprint density at radius 1 is 1.16 bits per heavy atom. The largest absolute Gasteiger partial charge is 0.299 e. The summed E-state index contributed by atoms with van der Waals surface area (Å²) in [4.78, 5) is 14.2. The molecule has 1 saturated heterocycles. The fourth-order valence-electron chi connectivity index (χ4n) is 3.38. The average Bonchev–Trinajstić information content (AvgIpc) is 3.03. The molecule has 0 spiro atoms. The quantitative estimate of drug-likeness (QED) is 0.813. The molecule has 140 valence electrons. The van der Waals surface area contributed by atoms with Crippen molar-refractivity contribution in [3.8, 4) is 0 Å². The molecule has 1 aromatic heterocycles. The van der Waals surface area contributed by atoms with Gasteiger partial charge in [0.05, 0.1) is 12.8 Å². The van der Waals surface area contributed by atoms with Crippen LogP contribution in [0.4, 0.5) is 5.13 Å². The highest BCUT2D eigenvalue weighted by Gasteiger charge is 2.25. The van der Waals surface area contributed by atoms with Crippen LogP contribution in [-0.4, -0.2) is 72.7 Å². The number of hydrogen-bond acceptors (Lipinski definition) is 7. The standard InChI is InChI=1S/C15H25N5O3S2/c1-25(22,23)20-9-7-19(8-10-20)11-13(21)16-15-18-17-14(24-15)12-5-3-2-4-6-12/h12H,2-11H2,1H3,(H,16,18,21). The van der Waals surface area contributed by atoms with Crippen molar-refractivity contribution in [2.75, 3.05) is 44.3 Å². The van der Waals surface area contributed by atoms with Crippen molar-refractivity contribution in [1.82, 2.24) is 19.4 Å². The molecule has 2 heterocycles. The van der Waals surface area contributed by atoms with Crippen LogP contribution in [0, 0.1) is 0 Å². The number of hydrogen-bond donors (Lipinski definition) is 1. The third kappa shape index (κ3) is 5.19. The SMILES string of the molecule is CS(=O)(=O)N1CCN(CC(=O)Nc2nnc(C3CCCCC3)s2)CC1. The fraction of sp³-hybridized carbons (Fsp3) is 0.800. The maximum atomic E-state index is 12.2. The van der Waals surface area contributed by atoms with Crippen molar-refractivity contribution in [3.63, 3.8) is 0 Å². The molecule has 1 aromatic rings. The number of carbonyl (C=O) groups excluding carboxylic acids is 1. The van der Waals surface area contributed by atoms with E-state index < -0.39 is 10.0 Å². The van der Waals surface area contributed by atoms with E-state index in [0.29, 0.717) is 37.2 Å². The molecular weight excluding hydrogens is 362 g/mol. The van der Waals surface area contributed by atoms with Gasteiger partial charge in [-0.05, 0) is 12.8 Å². The fourth-order valence-corrected chi connectivity index (χ4v) is 5.14. The smallest absolute Gasteiger partial charge is 0.240 e. The number of nitrogens with zero attached hydrogens (tertiary/aromatic N) is 4. The molecule has 0 bridgehead atoms. The predicted octanol–water partition coefficient (Wildman–Crippen LogP) is 1.10. The van der Waals surface area contributed by atoms with Crippen molar-refractivity contribution in [3.05, 3.63) is 5.01 Å². The summed E-state index contributed by atoms with van der Waals surface area (Å²) in [7, 11) is -3.14. The summed E-state index contributed by atoms with van der Waals surface area (Å²) >= 11 is 1.47. The minimum absolute atomic E-state index is 0.126. The normalized spacial score (nSPS) is 21.3. The maximum absolute atomic E-state index is 12.2. The van der Waals surface area contributed by atoms with Gasteiger partial charge in [0.25, 0.3) is 0 Å². The first-order chi connectivity index (χ1) is 11.9. The first kappa shape index (κ1) is 18.7. The maximum Gasteiger partial charge on any atom is 0.240 e. The van der Waals surface area contributed by atoms with Crippen LogP contribution < -0.4 is 5.32 Å². The molecule has 8 nitrogen and oxygen atoms in total. The zero-order chi connectivity index (χ0) is 17.9. The van der Waals surface area contributed by atoms with Crippen LogP contribution in [-0.2, 0) is 14.8 Å². The Hall–Kier alpha value is -1.10. The zero-order valence-electron chi connectivity index (χ0n) is 14.5. The van der Waals surface area contributed by atoms with E-state index in [0.717, 1.165) is 17.8 Å². The number of sulfonamides is 1. The highest BCUT2D eigenvalue weighted by Crippen LogP contribution is 2.35. The number of amides is 1. The van der Waals surface area contributed by atoms with Crippen molar-refractivity contribution >= 4 is 32.4 Å². The molecular formula is C15H25N5O3S2. The summed E-state index contributed by atoms with van der Waals surface area (Å²) in [6.07, 6.45) is 7.32. The van der Waals surface area contributed by atoms with E-state index in [1.807, 2.05) is 4.90 Å². The monoisotopic (exact) mass is 387 g/mol. The first-order valence-electron chi connectivity index (χ1n) is 8.72. The lowest BCUT2D eigenvalue weighted by Crippen LogP contribution is -2.50. The Bertz CT molecular complexity index is 692. The van der Waals surface area contributed by atoms with Gasteiger partial charge >= 0.3 is 0 Å². The first-order valence-corrected chi connectivity index (χ1v) is 11.4. The molecule has 1 N–H and O–H groups in total. The lowest BCUT2D eigenvalue weighted by molar-refractivity contribution is -0.117. The van der Waals surface area contributed by atoms with Crippen LogP contribution in [0.15, 0.2) is 0 Å². The van der Waals surface area contributed by atoms with Gasteiger partial charge in [0.1, 0.15) is 5.01 Å². The molecule has 0 aromatic carbocycles. The van der Waals surface area contributed by atoms with E-state index in [1.165, 1.54) is 41.2 Å². The van der Waals surface area contributed by atoms with Gasteiger partial charge in [0, 0.05) is 32.1 Å². The number of nitrogens with one attached hydrogen (secondary N) is 1. The van der Waals surface area contributed by atoms with Crippen LogP contribution >= 0.6 is 11.3 Å². The minimum Gasteiger partial charge on any atom is -0.299 e. The second-order valence-electron chi connectivity index (χ2n) is 6.77. The summed E-state index contributed by atoms with van der Waals surface area (Å²) < 4.78 is 24.5. The van der Waals surface area contributed by atoms with E-state index in [2.05, 4.69) is 15.5 Å². The van der Waals surface area contributed by atoms with Crippen LogP contribution in [0.5, 0.6) is 0 Å². The second-order valence-corrected chi connectivity index (χ2v) is 9.76. The number of carbonyl (C=O) groups is 1. The Labute approximate surface area is 152 Å². The molecule has 0 atom stereocenters. The summed E-state index contributed by atoms with van der Waals surface area (Å²) in [6.45, 7) is 2.22. The Morgan fingerprint density at radius 2 is 1.84 bits per heavy atom. The zero-order valence-corrected chi connectivity index (χ0v) is 16.1. The van der Waals surface area contributed by atoms with E-state index in [1.54, 1.807) is 0 Å². The van der Waals surface area contributed by atoms with Crippen molar-refractivity contribution in [2.45, 2.75) is 38.0 Å². The lowest BCUT2D eigenvalue weighted by Gasteiger charge is -2.32. The van der Waals surface area contributed by atoms with Gasteiger partial charge in [0.2, 0.25) is 21.1 Å². The number of piperazine rings is 1. The van der Waals surface area contributed by atoms with Crippen molar-refractivity contribution < 1.29 is 13.2 Å². The van der Waals surface area contributed by atoms with Gasteiger partial charge in [-0.3, -0.25) is 15.0 Å². The van der Waals surface area contributed by atoms with E-state index in [4.69, 9.17) is 0 Å². The van der Waals surface area contributed by atoms with E-state index >= 15 is 0 Å². The molecule has 10 heteroatoms. The third-order valence-electron chi connectivity index (χ3n) is 4.81. The van der Waals surface area contributed by atoms with Gasteiger partial charge < -0.3 is 0 Å². The van der Waals surface area contributed by atoms with Crippen molar-refractivity contribution in [2.24, 2.45) is 0 Å². The molecule has 25 heavy (non-hydrogen) atoms. The molecule has 1 saturated carbocycles. The van der Waals surface area contributed by atoms with Gasteiger partial charge in [-0.15, -0.1) is 10.2 Å². The number of rotatable bonds is 5. The molecule has 2 aliphatic rings. The van der Waals surface area contributed by atoms with Gasteiger partial charge in [-0.2, -0.15) is 4.31 Å². The predicted molar refractivity (Wildman–Crippen MR) is 97.2 cm³/mol. The topological polar surface area (TPSA) is 95.5 Å². The highest BCUT2D eigenvalue weighted by atomic mass is 32.2. The van der Waals surface area contributed by atoms with Crippen LogP contribution in [0.3, 0.4) is 0 Å². The summed E-state index contributed by atoms with van der Waals surface area (Å²) in [5.41, 5.74) is 0. The second kappa shape index (κ2) is 8.07. The highest BCUT2D eigenvalue weighted by molar-refractivity contribution is 7.88. The van der Waals surface area contributed by atoms with Crippen LogP contribution in [0.1, 0.15) is 43.0 Å². The third-order valence-corrected chi connectivity index (χ3v) is 7.11. The molecule has 2 fully saturated rings. The lowest BCUT2D eigenvalue weighted by atomic mass is 9.90. The Balaban J connectivity index is 1.46. The molecule has 0 radical (unpaired) electrons. The van der Waals surface area contributed by atoms with E-state index in [-0.39, 0.29) is 12.5 Å². The van der Waals surface area contributed by atoms with Gasteiger partial charge in [-0.25, -0.2) is 8.42 Å². The van der Waals surface area contributed by atoms with E-state index in [9.17, 15) is 13.2 Å². The minimum atomic E-state index is -3.14. The number of anilines is 1. The molecule has 1 aliphatic heterocycles. The average molecular weight is 388 g/mol.